The third kappa shape index (κ3) is 5.49. The van der Waals surface area contributed by atoms with Gasteiger partial charge in [-0.15, -0.1) is 12.4 Å². The van der Waals surface area contributed by atoms with E-state index in [2.05, 4.69) is 15.5 Å². The predicted molar refractivity (Wildman–Crippen MR) is 85.5 cm³/mol. The van der Waals surface area contributed by atoms with Gasteiger partial charge in [-0.2, -0.15) is 0 Å². The van der Waals surface area contributed by atoms with Crippen LogP contribution < -0.4 is 10.6 Å². The van der Waals surface area contributed by atoms with Gasteiger partial charge in [-0.1, -0.05) is 18.2 Å². The van der Waals surface area contributed by atoms with Crippen molar-refractivity contribution >= 4 is 24.0 Å². The number of nitrogens with zero attached hydrogens (tertiary/aromatic N) is 1. The van der Waals surface area contributed by atoms with Gasteiger partial charge in [0.25, 0.3) is 0 Å². The van der Waals surface area contributed by atoms with Crippen LogP contribution >= 0.6 is 12.4 Å². The first-order valence-corrected chi connectivity index (χ1v) is 7.02. The minimum absolute atomic E-state index is 0. The molecule has 1 heterocycles. The second kappa shape index (κ2) is 8.95. The summed E-state index contributed by atoms with van der Waals surface area (Å²) in [5, 5.41) is 6.24. The number of rotatable bonds is 5. The molecule has 20 heavy (non-hydrogen) atoms. The van der Waals surface area contributed by atoms with Gasteiger partial charge in [0.2, 0.25) is 5.91 Å². The number of carbonyl (C=O) groups excluding carboxylic acids is 1. The summed E-state index contributed by atoms with van der Waals surface area (Å²) in [4.78, 5) is 14.2. The fourth-order valence-electron chi connectivity index (χ4n) is 2.50. The van der Waals surface area contributed by atoms with E-state index in [4.69, 9.17) is 0 Å². The lowest BCUT2D eigenvalue weighted by molar-refractivity contribution is -0.116. The number of hydrogen-bond acceptors (Lipinski definition) is 3. The maximum absolute atomic E-state index is 11.9. The van der Waals surface area contributed by atoms with E-state index in [0.717, 1.165) is 25.3 Å². The molecule has 2 rings (SSSR count). The number of likely N-dealkylation sites (tertiary alicyclic amines) is 1. The Morgan fingerprint density at radius 2 is 2.10 bits per heavy atom. The van der Waals surface area contributed by atoms with Gasteiger partial charge in [-0.25, -0.2) is 0 Å². The Morgan fingerprint density at radius 3 is 2.80 bits per heavy atom. The molecule has 0 spiro atoms. The Labute approximate surface area is 127 Å². The predicted octanol–water partition coefficient (Wildman–Crippen LogP) is 2.12. The van der Waals surface area contributed by atoms with Crippen LogP contribution in [0.25, 0.3) is 0 Å². The van der Waals surface area contributed by atoms with Crippen molar-refractivity contribution < 1.29 is 4.79 Å². The first-order valence-electron chi connectivity index (χ1n) is 7.02. The molecule has 1 aliphatic heterocycles. The zero-order chi connectivity index (χ0) is 13.5. The van der Waals surface area contributed by atoms with Crippen LogP contribution in [0.5, 0.6) is 0 Å². The number of nitrogens with one attached hydrogen (secondary N) is 2. The van der Waals surface area contributed by atoms with Gasteiger partial charge in [0.1, 0.15) is 0 Å². The van der Waals surface area contributed by atoms with Crippen molar-refractivity contribution in [3.8, 4) is 0 Å². The summed E-state index contributed by atoms with van der Waals surface area (Å²) in [5.74, 6) is 0.0952. The maximum atomic E-state index is 11.9. The fourth-order valence-corrected chi connectivity index (χ4v) is 2.50. The van der Waals surface area contributed by atoms with E-state index in [0.29, 0.717) is 12.5 Å². The van der Waals surface area contributed by atoms with Gasteiger partial charge >= 0.3 is 0 Å². The van der Waals surface area contributed by atoms with Crippen LogP contribution in [-0.4, -0.2) is 43.5 Å². The minimum Gasteiger partial charge on any atom is -0.326 e. The van der Waals surface area contributed by atoms with Crippen LogP contribution in [0.2, 0.25) is 0 Å². The molecule has 1 fully saturated rings. The molecule has 1 amide bonds. The van der Waals surface area contributed by atoms with Gasteiger partial charge in [0.15, 0.2) is 0 Å². The molecule has 0 saturated carbocycles. The number of hydrogen-bond donors (Lipinski definition) is 2. The van der Waals surface area contributed by atoms with Gasteiger partial charge in [-0.3, -0.25) is 4.79 Å². The molecule has 0 bridgehead atoms. The molecule has 1 aliphatic rings. The van der Waals surface area contributed by atoms with Crippen LogP contribution in [0.15, 0.2) is 30.3 Å². The molecule has 0 aromatic heterocycles. The summed E-state index contributed by atoms with van der Waals surface area (Å²) in [5.41, 5.74) is 0.874. The smallest absolute Gasteiger partial charge is 0.225 e. The molecule has 5 heteroatoms. The highest BCUT2D eigenvalue weighted by Gasteiger charge is 2.18. The maximum Gasteiger partial charge on any atom is 0.225 e. The number of para-hydroxylation sites is 1. The molecular formula is C15H24ClN3O. The first-order chi connectivity index (χ1) is 9.28. The molecular weight excluding hydrogens is 274 g/mol. The van der Waals surface area contributed by atoms with Crippen LogP contribution in [0, 0.1) is 0 Å². The molecule has 4 nitrogen and oxygen atoms in total. The molecule has 0 aliphatic carbocycles. The molecule has 1 aromatic carbocycles. The number of piperidine rings is 1. The quantitative estimate of drug-likeness (QED) is 0.875. The van der Waals surface area contributed by atoms with E-state index in [1.807, 2.05) is 37.4 Å². The van der Waals surface area contributed by atoms with Crippen LogP contribution in [0.3, 0.4) is 0 Å². The average Bonchev–Trinajstić information content (AvgIpc) is 2.46. The van der Waals surface area contributed by atoms with E-state index < -0.39 is 0 Å². The zero-order valence-electron chi connectivity index (χ0n) is 12.0. The van der Waals surface area contributed by atoms with Crippen molar-refractivity contribution in [1.29, 1.82) is 0 Å². The summed E-state index contributed by atoms with van der Waals surface area (Å²) < 4.78 is 0. The van der Waals surface area contributed by atoms with Gasteiger partial charge < -0.3 is 15.5 Å². The standard InChI is InChI=1S/C15H23N3O.ClH/c1-16-14-8-5-10-18(12-14)11-9-15(19)17-13-6-3-2-4-7-13;/h2-4,6-7,14,16H,5,8-12H2,1H3,(H,17,19);1H. The lowest BCUT2D eigenvalue weighted by Crippen LogP contribution is -2.45. The van der Waals surface area contributed by atoms with Crippen LogP contribution in [-0.2, 0) is 4.79 Å². The Hall–Kier alpha value is -1.10. The monoisotopic (exact) mass is 297 g/mol. The Bertz CT molecular complexity index is 399. The number of likely N-dealkylation sites (N-methyl/N-ethyl adjacent to an activating group) is 1. The second-order valence-corrected chi connectivity index (χ2v) is 5.09. The number of amides is 1. The molecule has 1 atom stereocenters. The zero-order valence-corrected chi connectivity index (χ0v) is 12.8. The van der Waals surface area contributed by atoms with Gasteiger partial charge in [-0.05, 0) is 38.6 Å². The first kappa shape index (κ1) is 17.0. The molecule has 1 unspecified atom stereocenters. The molecule has 0 radical (unpaired) electrons. The Balaban J connectivity index is 0.00000200. The van der Waals surface area contributed by atoms with Crippen molar-refractivity contribution in [2.75, 3.05) is 32.0 Å². The minimum atomic E-state index is 0. The summed E-state index contributed by atoms with van der Waals surface area (Å²) in [6, 6.07) is 10.2. The van der Waals surface area contributed by atoms with Gasteiger partial charge in [0, 0.05) is 31.2 Å². The number of halogens is 1. The lowest BCUT2D eigenvalue weighted by atomic mass is 10.1. The largest absolute Gasteiger partial charge is 0.326 e. The molecule has 112 valence electrons. The fraction of sp³-hybridized carbons (Fsp3) is 0.533. The van der Waals surface area contributed by atoms with Crippen LogP contribution in [0.4, 0.5) is 5.69 Å². The Kier molecular flexibility index (Phi) is 7.59. The van der Waals surface area contributed by atoms with Crippen LogP contribution in [0.1, 0.15) is 19.3 Å². The second-order valence-electron chi connectivity index (χ2n) is 5.09. The summed E-state index contributed by atoms with van der Waals surface area (Å²) in [6.45, 7) is 3.00. The van der Waals surface area contributed by atoms with E-state index in [9.17, 15) is 4.79 Å². The van der Waals surface area contributed by atoms with Gasteiger partial charge in [0.05, 0.1) is 0 Å². The average molecular weight is 298 g/mol. The summed E-state index contributed by atoms with van der Waals surface area (Å²) >= 11 is 0. The van der Waals surface area contributed by atoms with Crippen molar-refractivity contribution in [1.82, 2.24) is 10.2 Å². The topological polar surface area (TPSA) is 44.4 Å². The third-order valence-corrected chi connectivity index (χ3v) is 3.63. The highest BCUT2D eigenvalue weighted by atomic mass is 35.5. The van der Waals surface area contributed by atoms with Crippen molar-refractivity contribution in [2.24, 2.45) is 0 Å². The highest BCUT2D eigenvalue weighted by molar-refractivity contribution is 5.90. The Morgan fingerprint density at radius 1 is 1.35 bits per heavy atom. The summed E-state index contributed by atoms with van der Waals surface area (Å²) in [7, 11) is 2.01. The summed E-state index contributed by atoms with van der Waals surface area (Å²) in [6.07, 6.45) is 3.01. The SMILES string of the molecule is CNC1CCCN(CCC(=O)Nc2ccccc2)C1.Cl. The van der Waals surface area contributed by atoms with Crippen molar-refractivity contribution in [3.05, 3.63) is 30.3 Å². The van der Waals surface area contributed by atoms with E-state index in [1.165, 1.54) is 12.8 Å². The molecule has 1 saturated heterocycles. The number of benzene rings is 1. The van der Waals surface area contributed by atoms with Crippen molar-refractivity contribution in [2.45, 2.75) is 25.3 Å². The molecule has 1 aromatic rings. The normalized spacial score (nSPS) is 19.1. The highest BCUT2D eigenvalue weighted by Crippen LogP contribution is 2.10. The van der Waals surface area contributed by atoms with E-state index in [-0.39, 0.29) is 18.3 Å². The van der Waals surface area contributed by atoms with E-state index >= 15 is 0 Å². The number of carbonyl (C=O) groups is 1. The van der Waals surface area contributed by atoms with E-state index in [1.54, 1.807) is 0 Å². The number of anilines is 1. The lowest BCUT2D eigenvalue weighted by Gasteiger charge is -2.32. The third-order valence-electron chi connectivity index (χ3n) is 3.63. The van der Waals surface area contributed by atoms with Crippen molar-refractivity contribution in [3.63, 3.8) is 0 Å². The molecule has 2 N–H and O–H groups in total.